The molecule has 3 nitrogen and oxygen atoms in total. The van der Waals surface area contributed by atoms with Crippen LogP contribution in [0.25, 0.3) is 6.08 Å². The third-order valence-electron chi connectivity index (χ3n) is 2.48. The zero-order valence-corrected chi connectivity index (χ0v) is 10.2. The number of nitriles is 1. The standard InChI is InChI=1S/C14H16N2O/c1-11-13(7-5-8-14(11)10-15)6-3-4-9-16-12(2)17/h3,5-8H,4,9H2,1-2H3,(H,16,17). The van der Waals surface area contributed by atoms with Crippen molar-refractivity contribution in [1.29, 1.82) is 5.26 Å². The number of amides is 1. The molecule has 1 rings (SSSR count). The van der Waals surface area contributed by atoms with Crippen LogP contribution < -0.4 is 5.32 Å². The minimum atomic E-state index is -0.0129. The summed E-state index contributed by atoms with van der Waals surface area (Å²) in [6.45, 7) is 4.08. The molecule has 0 unspecified atom stereocenters. The van der Waals surface area contributed by atoms with Crippen LogP contribution >= 0.6 is 0 Å². The molecule has 1 N–H and O–H groups in total. The van der Waals surface area contributed by atoms with Crippen LogP contribution in [0, 0.1) is 18.3 Å². The minimum Gasteiger partial charge on any atom is -0.356 e. The Bertz CT molecular complexity index is 470. The Balaban J connectivity index is 2.60. The van der Waals surface area contributed by atoms with Gasteiger partial charge in [0.2, 0.25) is 5.91 Å². The number of nitrogens with one attached hydrogen (secondary N) is 1. The first-order valence-corrected chi connectivity index (χ1v) is 5.56. The average molecular weight is 228 g/mol. The fourth-order valence-electron chi connectivity index (χ4n) is 1.50. The summed E-state index contributed by atoms with van der Waals surface area (Å²) in [6, 6.07) is 7.82. The second kappa shape index (κ2) is 6.49. The lowest BCUT2D eigenvalue weighted by Gasteiger charge is -2.02. The summed E-state index contributed by atoms with van der Waals surface area (Å²) >= 11 is 0. The third kappa shape index (κ3) is 4.12. The fourth-order valence-corrected chi connectivity index (χ4v) is 1.50. The van der Waals surface area contributed by atoms with Crippen LogP contribution in [0.5, 0.6) is 0 Å². The molecule has 0 aromatic heterocycles. The second-order valence-corrected chi connectivity index (χ2v) is 3.81. The Morgan fingerprint density at radius 1 is 1.53 bits per heavy atom. The molecule has 0 fully saturated rings. The van der Waals surface area contributed by atoms with Gasteiger partial charge in [-0.1, -0.05) is 24.3 Å². The number of carbonyl (C=O) groups excluding carboxylic acids is 1. The molecule has 0 saturated carbocycles. The van der Waals surface area contributed by atoms with Crippen molar-refractivity contribution in [1.82, 2.24) is 5.32 Å². The van der Waals surface area contributed by atoms with Gasteiger partial charge in [0.1, 0.15) is 0 Å². The summed E-state index contributed by atoms with van der Waals surface area (Å²) in [5.74, 6) is -0.0129. The lowest BCUT2D eigenvalue weighted by Crippen LogP contribution is -2.20. The van der Waals surface area contributed by atoms with Gasteiger partial charge in [-0.05, 0) is 30.5 Å². The molecule has 0 aliphatic carbocycles. The normalized spacial score (nSPS) is 10.2. The van der Waals surface area contributed by atoms with Crippen LogP contribution in [0.1, 0.15) is 30.0 Å². The smallest absolute Gasteiger partial charge is 0.216 e. The topological polar surface area (TPSA) is 52.9 Å². The fraction of sp³-hybridized carbons (Fsp3) is 0.286. The van der Waals surface area contributed by atoms with Gasteiger partial charge in [0.05, 0.1) is 11.6 Å². The summed E-state index contributed by atoms with van der Waals surface area (Å²) in [6.07, 6.45) is 4.77. The maximum atomic E-state index is 10.6. The molecule has 0 bridgehead atoms. The number of benzene rings is 1. The van der Waals surface area contributed by atoms with E-state index in [9.17, 15) is 4.79 Å². The van der Waals surface area contributed by atoms with Crippen molar-refractivity contribution in [2.24, 2.45) is 0 Å². The number of hydrogen-bond acceptors (Lipinski definition) is 2. The summed E-state index contributed by atoms with van der Waals surface area (Å²) in [7, 11) is 0. The van der Waals surface area contributed by atoms with Crippen molar-refractivity contribution in [2.45, 2.75) is 20.3 Å². The van der Waals surface area contributed by atoms with E-state index in [0.29, 0.717) is 12.1 Å². The van der Waals surface area contributed by atoms with Crippen LogP contribution in [0.15, 0.2) is 24.3 Å². The molecule has 0 spiro atoms. The van der Waals surface area contributed by atoms with Gasteiger partial charge in [0, 0.05) is 13.5 Å². The molecule has 0 aliphatic heterocycles. The van der Waals surface area contributed by atoms with E-state index in [-0.39, 0.29) is 5.91 Å². The van der Waals surface area contributed by atoms with Crippen molar-refractivity contribution >= 4 is 12.0 Å². The molecular formula is C14H16N2O. The van der Waals surface area contributed by atoms with E-state index in [0.717, 1.165) is 17.5 Å². The van der Waals surface area contributed by atoms with E-state index in [1.807, 2.05) is 37.3 Å². The summed E-state index contributed by atoms with van der Waals surface area (Å²) in [4.78, 5) is 10.6. The van der Waals surface area contributed by atoms with E-state index in [2.05, 4.69) is 11.4 Å². The van der Waals surface area contributed by atoms with Crippen LogP contribution in [-0.2, 0) is 4.79 Å². The van der Waals surface area contributed by atoms with E-state index in [1.54, 1.807) is 0 Å². The van der Waals surface area contributed by atoms with Crippen LogP contribution in [-0.4, -0.2) is 12.5 Å². The quantitative estimate of drug-likeness (QED) is 0.804. The molecule has 0 heterocycles. The van der Waals surface area contributed by atoms with Crippen molar-refractivity contribution in [3.05, 3.63) is 41.0 Å². The van der Waals surface area contributed by atoms with Gasteiger partial charge in [-0.3, -0.25) is 4.79 Å². The third-order valence-corrected chi connectivity index (χ3v) is 2.48. The Morgan fingerprint density at radius 2 is 2.29 bits per heavy atom. The van der Waals surface area contributed by atoms with Gasteiger partial charge < -0.3 is 5.32 Å². The Morgan fingerprint density at radius 3 is 2.94 bits per heavy atom. The number of hydrogen-bond donors (Lipinski definition) is 1. The molecule has 0 radical (unpaired) electrons. The van der Waals surface area contributed by atoms with E-state index >= 15 is 0 Å². The lowest BCUT2D eigenvalue weighted by atomic mass is 10.0. The maximum Gasteiger partial charge on any atom is 0.216 e. The van der Waals surface area contributed by atoms with Crippen LogP contribution in [0.4, 0.5) is 0 Å². The molecule has 3 heteroatoms. The van der Waals surface area contributed by atoms with Crippen molar-refractivity contribution < 1.29 is 4.79 Å². The largest absolute Gasteiger partial charge is 0.356 e. The summed E-state index contributed by atoms with van der Waals surface area (Å²) in [5.41, 5.74) is 2.74. The molecule has 0 aliphatic rings. The number of carbonyl (C=O) groups is 1. The molecule has 17 heavy (non-hydrogen) atoms. The molecule has 88 valence electrons. The molecular weight excluding hydrogens is 212 g/mol. The first-order chi connectivity index (χ1) is 8.15. The van der Waals surface area contributed by atoms with E-state index < -0.39 is 0 Å². The Kier molecular flexibility index (Phi) is 4.96. The van der Waals surface area contributed by atoms with Crippen LogP contribution in [0.2, 0.25) is 0 Å². The zero-order valence-electron chi connectivity index (χ0n) is 10.2. The van der Waals surface area contributed by atoms with Gasteiger partial charge in [0.15, 0.2) is 0 Å². The summed E-state index contributed by atoms with van der Waals surface area (Å²) < 4.78 is 0. The van der Waals surface area contributed by atoms with Crippen molar-refractivity contribution in [3.8, 4) is 6.07 Å². The van der Waals surface area contributed by atoms with E-state index in [4.69, 9.17) is 5.26 Å². The highest BCUT2D eigenvalue weighted by Crippen LogP contribution is 2.14. The monoisotopic (exact) mass is 228 g/mol. The Labute approximate surface area is 102 Å². The lowest BCUT2D eigenvalue weighted by molar-refractivity contribution is -0.118. The molecule has 1 aromatic carbocycles. The van der Waals surface area contributed by atoms with Gasteiger partial charge in [-0.25, -0.2) is 0 Å². The molecule has 1 aromatic rings. The predicted molar refractivity (Wildman–Crippen MR) is 68.2 cm³/mol. The maximum absolute atomic E-state index is 10.6. The first-order valence-electron chi connectivity index (χ1n) is 5.56. The van der Waals surface area contributed by atoms with Gasteiger partial charge >= 0.3 is 0 Å². The molecule has 0 atom stereocenters. The second-order valence-electron chi connectivity index (χ2n) is 3.81. The minimum absolute atomic E-state index is 0.0129. The highest BCUT2D eigenvalue weighted by Gasteiger charge is 1.99. The van der Waals surface area contributed by atoms with E-state index in [1.165, 1.54) is 6.92 Å². The van der Waals surface area contributed by atoms with Gasteiger partial charge in [-0.15, -0.1) is 0 Å². The van der Waals surface area contributed by atoms with Gasteiger partial charge in [0.25, 0.3) is 0 Å². The molecule has 0 saturated heterocycles. The SMILES string of the molecule is CC(=O)NCCC=Cc1cccc(C#N)c1C. The highest BCUT2D eigenvalue weighted by molar-refractivity contribution is 5.72. The van der Waals surface area contributed by atoms with Crippen molar-refractivity contribution in [2.75, 3.05) is 6.54 Å². The highest BCUT2D eigenvalue weighted by atomic mass is 16.1. The zero-order chi connectivity index (χ0) is 12.7. The number of nitrogens with zero attached hydrogens (tertiary/aromatic N) is 1. The summed E-state index contributed by atoms with van der Waals surface area (Å²) in [5, 5.41) is 11.6. The van der Waals surface area contributed by atoms with Crippen molar-refractivity contribution in [3.63, 3.8) is 0 Å². The Hall–Kier alpha value is -2.08. The van der Waals surface area contributed by atoms with Crippen LogP contribution in [0.3, 0.4) is 0 Å². The predicted octanol–water partition coefficient (Wildman–Crippen LogP) is 2.41. The van der Waals surface area contributed by atoms with Gasteiger partial charge in [-0.2, -0.15) is 5.26 Å². The molecule has 1 amide bonds. The first kappa shape index (κ1) is 13.0. The number of rotatable bonds is 4. The average Bonchev–Trinajstić information content (AvgIpc) is 2.30.